The summed E-state index contributed by atoms with van der Waals surface area (Å²) in [5, 5.41) is 11.1. The highest BCUT2D eigenvalue weighted by molar-refractivity contribution is 5.90. The summed E-state index contributed by atoms with van der Waals surface area (Å²) in [6, 6.07) is 15.9. The van der Waals surface area contributed by atoms with Crippen LogP contribution in [0.5, 0.6) is 6.01 Å². The Hall–Kier alpha value is -3.48. The molecule has 2 aromatic carbocycles. The molecule has 6 nitrogen and oxygen atoms in total. The normalized spacial score (nSPS) is 10.8. The second kappa shape index (κ2) is 6.79. The van der Waals surface area contributed by atoms with Crippen molar-refractivity contribution in [3.05, 3.63) is 71.7 Å². The number of halogens is 1. The zero-order valence-corrected chi connectivity index (χ0v) is 14.0. The first-order chi connectivity index (χ1) is 12.7. The first-order valence-electron chi connectivity index (χ1n) is 8.10. The molecule has 0 aliphatic heterocycles. The van der Waals surface area contributed by atoms with E-state index in [1.54, 1.807) is 12.1 Å². The molecular formula is C19H16FN5O. The van der Waals surface area contributed by atoms with Crippen molar-refractivity contribution in [2.45, 2.75) is 13.5 Å². The Morgan fingerprint density at radius 2 is 1.88 bits per heavy atom. The third-order valence-corrected chi connectivity index (χ3v) is 3.82. The summed E-state index contributed by atoms with van der Waals surface area (Å²) >= 11 is 0. The van der Waals surface area contributed by atoms with E-state index < -0.39 is 0 Å². The molecular weight excluding hydrogens is 333 g/mol. The summed E-state index contributed by atoms with van der Waals surface area (Å²) in [5.74, 6) is 0.989. The van der Waals surface area contributed by atoms with E-state index in [0.29, 0.717) is 11.6 Å². The number of hydrogen-bond acceptors (Lipinski definition) is 5. The average molecular weight is 349 g/mol. The molecule has 0 unspecified atom stereocenters. The number of hydrogen-bond donors (Lipinski definition) is 2. The Morgan fingerprint density at radius 1 is 1.08 bits per heavy atom. The Morgan fingerprint density at radius 3 is 2.65 bits per heavy atom. The largest absolute Gasteiger partial charge is 0.459 e. The number of anilines is 2. The van der Waals surface area contributed by atoms with Gasteiger partial charge in [-0.25, -0.2) is 4.39 Å². The molecule has 0 aliphatic rings. The fraction of sp³-hybridized carbons (Fsp3) is 0.105. The van der Waals surface area contributed by atoms with Crippen LogP contribution in [0.4, 0.5) is 16.0 Å². The van der Waals surface area contributed by atoms with Gasteiger partial charge in [-0.05, 0) is 36.8 Å². The number of fused-ring (bicyclic) bond motifs is 1. The van der Waals surface area contributed by atoms with Crippen molar-refractivity contribution in [2.24, 2.45) is 0 Å². The van der Waals surface area contributed by atoms with Crippen LogP contribution in [0, 0.1) is 12.7 Å². The smallest absolute Gasteiger partial charge is 0.319 e. The predicted octanol–water partition coefficient (Wildman–Crippen LogP) is 4.12. The average Bonchev–Trinajstić information content (AvgIpc) is 3.06. The molecule has 0 radical (unpaired) electrons. The topological polar surface area (TPSA) is 75.7 Å². The van der Waals surface area contributed by atoms with Gasteiger partial charge in [-0.3, -0.25) is 5.10 Å². The molecule has 26 heavy (non-hydrogen) atoms. The van der Waals surface area contributed by atoms with E-state index in [0.717, 1.165) is 22.2 Å². The van der Waals surface area contributed by atoms with Crippen molar-refractivity contribution in [1.29, 1.82) is 0 Å². The van der Waals surface area contributed by atoms with Crippen molar-refractivity contribution in [1.82, 2.24) is 20.2 Å². The van der Waals surface area contributed by atoms with Gasteiger partial charge in [-0.1, -0.05) is 24.3 Å². The molecule has 0 bridgehead atoms. The predicted molar refractivity (Wildman–Crippen MR) is 96.9 cm³/mol. The van der Waals surface area contributed by atoms with Crippen molar-refractivity contribution in [3.8, 4) is 6.01 Å². The van der Waals surface area contributed by atoms with Crippen molar-refractivity contribution in [3.63, 3.8) is 0 Å². The summed E-state index contributed by atoms with van der Waals surface area (Å²) in [6.45, 7) is 2.17. The van der Waals surface area contributed by atoms with E-state index >= 15 is 0 Å². The molecule has 2 aromatic heterocycles. The van der Waals surface area contributed by atoms with Gasteiger partial charge in [0.1, 0.15) is 18.2 Å². The lowest BCUT2D eigenvalue weighted by Crippen LogP contribution is -2.03. The van der Waals surface area contributed by atoms with E-state index in [-0.39, 0.29) is 18.4 Å². The van der Waals surface area contributed by atoms with Crippen molar-refractivity contribution in [2.75, 3.05) is 5.32 Å². The molecule has 7 heteroatoms. The summed E-state index contributed by atoms with van der Waals surface area (Å²) < 4.78 is 18.7. The van der Waals surface area contributed by atoms with Crippen LogP contribution < -0.4 is 10.1 Å². The molecule has 4 rings (SSSR count). The van der Waals surface area contributed by atoms with E-state index in [9.17, 15) is 4.39 Å². The number of nitrogens with zero attached hydrogens (tertiary/aromatic N) is 3. The van der Waals surface area contributed by atoms with Crippen LogP contribution in [0.25, 0.3) is 10.9 Å². The number of rotatable bonds is 5. The number of aromatic nitrogens is 4. The van der Waals surface area contributed by atoms with Crippen LogP contribution in [-0.2, 0) is 6.61 Å². The maximum atomic E-state index is 13.0. The Labute approximate surface area is 149 Å². The minimum atomic E-state index is -0.281. The maximum Gasteiger partial charge on any atom is 0.319 e. The molecule has 0 spiro atoms. The Balaban J connectivity index is 1.63. The summed E-state index contributed by atoms with van der Waals surface area (Å²) in [6.07, 6.45) is 0. The number of para-hydroxylation sites is 1. The van der Waals surface area contributed by atoms with Crippen LogP contribution in [-0.4, -0.2) is 20.2 Å². The van der Waals surface area contributed by atoms with Gasteiger partial charge in [0, 0.05) is 17.1 Å². The van der Waals surface area contributed by atoms with Crippen LogP contribution in [0.2, 0.25) is 0 Å². The SMILES string of the molecule is Cc1cc(Nc2nc(OCc3ccc(F)cc3)nc3ccccc23)n[nH]1. The number of H-pyrrole nitrogens is 1. The minimum absolute atomic E-state index is 0.239. The van der Waals surface area contributed by atoms with Gasteiger partial charge in [-0.2, -0.15) is 15.1 Å². The lowest BCUT2D eigenvalue weighted by atomic mass is 10.2. The van der Waals surface area contributed by atoms with Crippen LogP contribution in [0.15, 0.2) is 54.6 Å². The molecule has 0 amide bonds. The third-order valence-electron chi connectivity index (χ3n) is 3.82. The fourth-order valence-electron chi connectivity index (χ4n) is 2.55. The van der Waals surface area contributed by atoms with E-state index in [4.69, 9.17) is 4.74 Å². The number of benzene rings is 2. The first kappa shape index (κ1) is 16.0. The van der Waals surface area contributed by atoms with Crippen LogP contribution >= 0.6 is 0 Å². The van der Waals surface area contributed by atoms with Crippen LogP contribution in [0.1, 0.15) is 11.3 Å². The Kier molecular flexibility index (Phi) is 4.18. The molecule has 0 fully saturated rings. The quantitative estimate of drug-likeness (QED) is 0.567. The standard InChI is InChI=1S/C19H16FN5O/c1-12-10-17(25-24-12)22-18-15-4-2-3-5-16(15)21-19(23-18)26-11-13-6-8-14(20)9-7-13/h2-10H,11H2,1H3,(H2,21,22,23,24,25). The van der Waals surface area contributed by atoms with E-state index in [1.807, 2.05) is 37.3 Å². The summed E-state index contributed by atoms with van der Waals surface area (Å²) in [7, 11) is 0. The third kappa shape index (κ3) is 3.46. The zero-order chi connectivity index (χ0) is 17.9. The second-order valence-electron chi connectivity index (χ2n) is 5.85. The molecule has 4 aromatic rings. The summed E-state index contributed by atoms with van der Waals surface area (Å²) in [4.78, 5) is 8.91. The molecule has 130 valence electrons. The fourth-order valence-corrected chi connectivity index (χ4v) is 2.55. The van der Waals surface area contributed by atoms with Gasteiger partial charge in [0.15, 0.2) is 5.82 Å². The highest BCUT2D eigenvalue weighted by Crippen LogP contribution is 2.25. The summed E-state index contributed by atoms with van der Waals surface area (Å²) in [5.41, 5.74) is 2.53. The molecule has 0 atom stereocenters. The van der Waals surface area contributed by atoms with Crippen molar-refractivity contribution < 1.29 is 9.13 Å². The minimum Gasteiger partial charge on any atom is -0.459 e. The molecule has 0 aliphatic carbocycles. The molecule has 0 saturated heterocycles. The lowest BCUT2D eigenvalue weighted by Gasteiger charge is -2.10. The lowest BCUT2D eigenvalue weighted by molar-refractivity contribution is 0.282. The van der Waals surface area contributed by atoms with Gasteiger partial charge >= 0.3 is 6.01 Å². The van der Waals surface area contributed by atoms with Gasteiger partial charge in [0.2, 0.25) is 0 Å². The second-order valence-corrected chi connectivity index (χ2v) is 5.85. The number of nitrogens with one attached hydrogen (secondary N) is 2. The van der Waals surface area contributed by atoms with Gasteiger partial charge in [-0.15, -0.1) is 0 Å². The van der Waals surface area contributed by atoms with E-state index in [1.165, 1.54) is 12.1 Å². The Bertz CT molecular complexity index is 1050. The highest BCUT2D eigenvalue weighted by atomic mass is 19.1. The van der Waals surface area contributed by atoms with Gasteiger partial charge < -0.3 is 10.1 Å². The zero-order valence-electron chi connectivity index (χ0n) is 14.0. The molecule has 2 heterocycles. The van der Waals surface area contributed by atoms with Gasteiger partial charge in [0.05, 0.1) is 5.52 Å². The van der Waals surface area contributed by atoms with E-state index in [2.05, 4.69) is 25.5 Å². The van der Waals surface area contributed by atoms with Crippen molar-refractivity contribution >= 4 is 22.5 Å². The highest BCUT2D eigenvalue weighted by Gasteiger charge is 2.10. The maximum absolute atomic E-state index is 13.0. The number of aryl methyl sites for hydroxylation is 1. The first-order valence-corrected chi connectivity index (χ1v) is 8.10. The molecule has 2 N–H and O–H groups in total. The van der Waals surface area contributed by atoms with Crippen LogP contribution in [0.3, 0.4) is 0 Å². The number of ether oxygens (including phenoxy) is 1. The number of aromatic amines is 1. The monoisotopic (exact) mass is 349 g/mol. The molecule has 0 saturated carbocycles. The van der Waals surface area contributed by atoms with Gasteiger partial charge in [0.25, 0.3) is 0 Å².